The first-order chi connectivity index (χ1) is 12.0. The molecule has 0 aliphatic carbocycles. The molecule has 1 amide bonds. The van der Waals surface area contributed by atoms with Gasteiger partial charge in [0.25, 0.3) is 5.91 Å². The van der Waals surface area contributed by atoms with E-state index < -0.39 is 0 Å². The van der Waals surface area contributed by atoms with Crippen molar-refractivity contribution in [1.82, 2.24) is 0 Å². The molecule has 0 saturated carbocycles. The Balaban J connectivity index is 0.00000243. The summed E-state index contributed by atoms with van der Waals surface area (Å²) in [4.78, 5) is 12.7. The third-order valence-corrected chi connectivity index (χ3v) is 5.12. The number of nitrogens with one attached hydrogen (secondary N) is 1. The topological polar surface area (TPSA) is 29.1 Å². The van der Waals surface area contributed by atoms with Crippen molar-refractivity contribution in [3.63, 3.8) is 0 Å². The lowest BCUT2D eigenvalue weighted by atomic mass is 10.1. The molecule has 2 aromatic rings. The van der Waals surface area contributed by atoms with Gasteiger partial charge >= 0.3 is 0 Å². The Bertz CT molecular complexity index is 735. The molecule has 0 bridgehead atoms. The summed E-state index contributed by atoms with van der Waals surface area (Å²) in [6.45, 7) is 7.07. The van der Waals surface area contributed by atoms with Gasteiger partial charge in [-0.3, -0.25) is 4.79 Å². The van der Waals surface area contributed by atoms with Crippen molar-refractivity contribution >= 4 is 11.6 Å². The van der Waals surface area contributed by atoms with Gasteiger partial charge in [0.05, 0.1) is 13.1 Å². The Kier molecular flexibility index (Phi) is 6.95. The molecule has 140 valence electrons. The molecule has 3 nitrogen and oxygen atoms in total. The number of amides is 1. The zero-order valence-corrected chi connectivity index (χ0v) is 17.0. The SMILES string of the molecule is Cc1cc(F)cc(C)c1NC(=O)C[N+]1(Cc2ccccc2)CCCC1.[Br-]. The highest BCUT2D eigenvalue weighted by Crippen LogP contribution is 2.25. The molecule has 1 N–H and O–H groups in total. The second-order valence-electron chi connectivity index (χ2n) is 7.26. The fourth-order valence-corrected chi connectivity index (χ4v) is 3.94. The minimum Gasteiger partial charge on any atom is -1.00 e. The number of halogens is 2. The Morgan fingerprint density at radius 1 is 1.08 bits per heavy atom. The van der Waals surface area contributed by atoms with Crippen LogP contribution in [0.5, 0.6) is 0 Å². The van der Waals surface area contributed by atoms with Crippen LogP contribution in [0, 0.1) is 19.7 Å². The number of carbonyl (C=O) groups is 1. The summed E-state index contributed by atoms with van der Waals surface area (Å²) in [5.74, 6) is -0.254. The number of likely N-dealkylation sites (tertiary alicyclic amines) is 1. The van der Waals surface area contributed by atoms with Crippen LogP contribution in [0.4, 0.5) is 10.1 Å². The first-order valence-corrected chi connectivity index (χ1v) is 8.93. The van der Waals surface area contributed by atoms with Gasteiger partial charge < -0.3 is 26.8 Å². The standard InChI is InChI=1S/C21H25FN2O.BrH/c1-16-12-19(22)13-17(2)21(16)23-20(25)15-24(10-6-7-11-24)14-18-8-4-3-5-9-18;/h3-5,8-9,12-13H,6-7,10-11,14-15H2,1-2H3;1H. The number of aryl methyl sites for hydroxylation is 2. The molecule has 0 aromatic heterocycles. The van der Waals surface area contributed by atoms with Gasteiger partial charge in [-0.25, -0.2) is 4.39 Å². The number of nitrogens with zero attached hydrogens (tertiary/aromatic N) is 1. The van der Waals surface area contributed by atoms with Gasteiger partial charge in [-0.15, -0.1) is 0 Å². The lowest BCUT2D eigenvalue weighted by Crippen LogP contribution is -3.00. The van der Waals surface area contributed by atoms with E-state index in [1.54, 1.807) is 0 Å². The van der Waals surface area contributed by atoms with Gasteiger partial charge in [0, 0.05) is 24.1 Å². The normalized spacial score (nSPS) is 15.3. The Morgan fingerprint density at radius 2 is 1.65 bits per heavy atom. The third kappa shape index (κ3) is 4.92. The minimum atomic E-state index is -0.264. The zero-order chi connectivity index (χ0) is 17.9. The fraction of sp³-hybridized carbons (Fsp3) is 0.381. The highest BCUT2D eigenvalue weighted by Gasteiger charge is 2.34. The highest BCUT2D eigenvalue weighted by molar-refractivity contribution is 5.93. The monoisotopic (exact) mass is 420 g/mol. The van der Waals surface area contributed by atoms with Crippen LogP contribution in [0.3, 0.4) is 0 Å². The molecule has 0 unspecified atom stereocenters. The maximum absolute atomic E-state index is 13.5. The molecule has 26 heavy (non-hydrogen) atoms. The van der Waals surface area contributed by atoms with Gasteiger partial charge in [0.1, 0.15) is 12.4 Å². The molecule has 5 heteroatoms. The molecule has 1 aliphatic heterocycles. The first kappa shape index (κ1) is 20.6. The quantitative estimate of drug-likeness (QED) is 0.723. The van der Waals surface area contributed by atoms with E-state index in [0.29, 0.717) is 6.54 Å². The molecular weight excluding hydrogens is 395 g/mol. The lowest BCUT2D eigenvalue weighted by molar-refractivity contribution is -0.922. The first-order valence-electron chi connectivity index (χ1n) is 8.93. The number of quaternary nitrogens is 1. The molecule has 1 fully saturated rings. The molecule has 0 atom stereocenters. The van der Waals surface area contributed by atoms with E-state index >= 15 is 0 Å². The van der Waals surface area contributed by atoms with Gasteiger partial charge in [0.15, 0.2) is 6.54 Å². The van der Waals surface area contributed by atoms with E-state index in [1.807, 2.05) is 32.0 Å². The predicted octanol–water partition coefficient (Wildman–Crippen LogP) is 1.20. The van der Waals surface area contributed by atoms with Crippen LogP contribution < -0.4 is 22.3 Å². The minimum absolute atomic E-state index is 0. The van der Waals surface area contributed by atoms with E-state index in [4.69, 9.17) is 0 Å². The maximum Gasteiger partial charge on any atom is 0.279 e. The molecular formula is C21H26BrFN2O. The molecule has 1 heterocycles. The molecule has 2 aromatic carbocycles. The number of hydrogen-bond donors (Lipinski definition) is 1. The molecule has 1 saturated heterocycles. The summed E-state index contributed by atoms with van der Waals surface area (Å²) in [5.41, 5.74) is 3.54. The Hall–Kier alpha value is -1.72. The van der Waals surface area contributed by atoms with Crippen LogP contribution in [0.25, 0.3) is 0 Å². The zero-order valence-electron chi connectivity index (χ0n) is 15.4. The van der Waals surface area contributed by atoms with Crippen molar-refractivity contribution in [3.05, 3.63) is 65.0 Å². The van der Waals surface area contributed by atoms with Gasteiger partial charge in [-0.1, -0.05) is 30.3 Å². The van der Waals surface area contributed by atoms with Crippen LogP contribution in [0.15, 0.2) is 42.5 Å². The molecule has 0 radical (unpaired) electrons. The van der Waals surface area contributed by atoms with Gasteiger partial charge in [0.2, 0.25) is 0 Å². The van der Waals surface area contributed by atoms with Crippen molar-refractivity contribution in [2.24, 2.45) is 0 Å². The van der Waals surface area contributed by atoms with E-state index in [2.05, 4.69) is 17.4 Å². The fourth-order valence-electron chi connectivity index (χ4n) is 3.94. The van der Waals surface area contributed by atoms with Crippen molar-refractivity contribution in [2.75, 3.05) is 25.0 Å². The van der Waals surface area contributed by atoms with Crippen molar-refractivity contribution < 1.29 is 30.6 Å². The van der Waals surface area contributed by atoms with Crippen LogP contribution in [-0.2, 0) is 11.3 Å². The van der Waals surface area contributed by atoms with Crippen LogP contribution >= 0.6 is 0 Å². The smallest absolute Gasteiger partial charge is 0.279 e. The van der Waals surface area contributed by atoms with Crippen molar-refractivity contribution in [3.8, 4) is 0 Å². The van der Waals surface area contributed by atoms with Crippen molar-refractivity contribution in [1.29, 1.82) is 0 Å². The summed E-state index contributed by atoms with van der Waals surface area (Å²) in [7, 11) is 0. The summed E-state index contributed by atoms with van der Waals surface area (Å²) in [6, 6.07) is 13.3. The molecule has 1 aliphatic rings. The largest absolute Gasteiger partial charge is 1.00 e. The predicted molar refractivity (Wildman–Crippen MR) is 98.7 cm³/mol. The third-order valence-electron chi connectivity index (χ3n) is 5.12. The number of carbonyl (C=O) groups excluding carboxylic acids is 1. The van der Waals surface area contributed by atoms with Crippen LogP contribution in [0.1, 0.15) is 29.5 Å². The Labute approximate surface area is 165 Å². The van der Waals surface area contributed by atoms with E-state index in [-0.39, 0.29) is 28.7 Å². The van der Waals surface area contributed by atoms with Crippen molar-refractivity contribution in [2.45, 2.75) is 33.2 Å². The number of rotatable bonds is 5. The summed E-state index contributed by atoms with van der Waals surface area (Å²) in [6.07, 6.45) is 2.32. The molecule has 3 rings (SSSR count). The maximum atomic E-state index is 13.5. The van der Waals surface area contributed by atoms with Crippen LogP contribution in [-0.4, -0.2) is 30.0 Å². The second kappa shape index (κ2) is 8.78. The van der Waals surface area contributed by atoms with Gasteiger partial charge in [-0.2, -0.15) is 0 Å². The highest BCUT2D eigenvalue weighted by atomic mass is 79.9. The summed E-state index contributed by atoms with van der Waals surface area (Å²) >= 11 is 0. The lowest BCUT2D eigenvalue weighted by Gasteiger charge is -2.33. The molecule has 0 spiro atoms. The summed E-state index contributed by atoms with van der Waals surface area (Å²) < 4.78 is 14.3. The second-order valence-corrected chi connectivity index (χ2v) is 7.26. The number of hydrogen-bond acceptors (Lipinski definition) is 1. The summed E-state index contributed by atoms with van der Waals surface area (Å²) in [5, 5.41) is 3.02. The number of benzene rings is 2. The van der Waals surface area contributed by atoms with E-state index in [0.717, 1.165) is 53.8 Å². The van der Waals surface area contributed by atoms with Crippen LogP contribution in [0.2, 0.25) is 0 Å². The number of anilines is 1. The average Bonchev–Trinajstić information content (AvgIpc) is 2.99. The van der Waals surface area contributed by atoms with Gasteiger partial charge in [-0.05, 0) is 37.1 Å². The van der Waals surface area contributed by atoms with E-state index in [1.165, 1.54) is 17.7 Å². The Morgan fingerprint density at radius 3 is 2.23 bits per heavy atom. The average molecular weight is 421 g/mol. The van der Waals surface area contributed by atoms with E-state index in [9.17, 15) is 9.18 Å².